The zero-order chi connectivity index (χ0) is 27.4. The molecule has 0 aliphatic rings. The van der Waals surface area contributed by atoms with E-state index in [0.29, 0.717) is 0 Å². The summed E-state index contributed by atoms with van der Waals surface area (Å²) in [6, 6.07) is 15.7. The van der Waals surface area contributed by atoms with Crippen LogP contribution in [0.15, 0.2) is 72.8 Å². The van der Waals surface area contributed by atoms with E-state index >= 15 is 0 Å². The van der Waals surface area contributed by atoms with Crippen molar-refractivity contribution >= 4 is 53.2 Å². The largest absolute Gasteiger partial charge is 3.00 e. The van der Waals surface area contributed by atoms with Gasteiger partial charge < -0.3 is 49.8 Å². The van der Waals surface area contributed by atoms with Gasteiger partial charge in [-0.15, -0.1) is 0 Å². The molecule has 186 valence electrons. The van der Waals surface area contributed by atoms with Crippen molar-refractivity contribution < 1.29 is 89.0 Å². The molecular formula is C24H14AlNaO12. The second kappa shape index (κ2) is 17.5. The average Bonchev–Trinajstić information content (AvgIpc) is 2.84. The van der Waals surface area contributed by atoms with Gasteiger partial charge in [0.15, 0.2) is 0 Å². The Bertz CT molecular complexity index is 1060. The first kappa shape index (κ1) is 36.2. The molecule has 38 heavy (non-hydrogen) atoms. The Hall–Kier alpha value is -3.99. The molecule has 3 aromatic carbocycles. The maximum atomic E-state index is 10.5. The summed E-state index contributed by atoms with van der Waals surface area (Å²) in [5.74, 6) is -8.53. The van der Waals surface area contributed by atoms with Crippen molar-refractivity contribution in [1.82, 2.24) is 0 Å². The third-order valence-electron chi connectivity index (χ3n) is 4.12. The Balaban J connectivity index is 0. The third kappa shape index (κ3) is 11.0. The average molecular weight is 544 g/mol. The minimum atomic E-state index is -1.52. The van der Waals surface area contributed by atoms with E-state index in [1.165, 1.54) is 48.5 Å². The first-order chi connectivity index (χ1) is 16.9. The Morgan fingerprint density at radius 2 is 0.579 bits per heavy atom. The van der Waals surface area contributed by atoms with Gasteiger partial charge in [0.1, 0.15) is 0 Å². The number of carbonyl (C=O) groups is 6. The summed E-state index contributed by atoms with van der Waals surface area (Å²) >= 11 is 0. The molecule has 14 heteroatoms. The molecule has 0 amide bonds. The second-order valence-corrected chi connectivity index (χ2v) is 6.40. The Morgan fingerprint density at radius 1 is 0.421 bits per heavy atom. The van der Waals surface area contributed by atoms with Crippen LogP contribution < -0.4 is 50.0 Å². The summed E-state index contributed by atoms with van der Waals surface area (Å²) in [6.07, 6.45) is 0. The van der Waals surface area contributed by atoms with Crippen LogP contribution in [-0.2, 0) is 0 Å². The SMILES string of the molecule is O=C(O)c1ccccc1C(=O)O.O=C([O-])c1ccccc1C(=O)[O-].O=C([O-])c1ccccc1C(=O)[O-].[Al+3].[Na+]. The Morgan fingerprint density at radius 3 is 0.711 bits per heavy atom. The van der Waals surface area contributed by atoms with E-state index in [4.69, 9.17) is 10.2 Å². The van der Waals surface area contributed by atoms with Crippen LogP contribution in [0.3, 0.4) is 0 Å². The fourth-order valence-electron chi connectivity index (χ4n) is 2.53. The summed E-state index contributed by atoms with van der Waals surface area (Å²) in [4.78, 5) is 62.2. The van der Waals surface area contributed by atoms with Crippen molar-refractivity contribution in [2.45, 2.75) is 0 Å². The maximum Gasteiger partial charge on any atom is 3.00 e. The van der Waals surface area contributed by atoms with Crippen molar-refractivity contribution in [3.8, 4) is 0 Å². The standard InChI is InChI=1S/3C8H6O4.Al.Na/c3*9-7(10)5-3-1-2-4-6(5)8(11)12;;/h3*1-4H,(H,9,10)(H,11,12);;/q;;;+3;+1/p-4. The zero-order valence-electron chi connectivity index (χ0n) is 19.5. The number of rotatable bonds is 6. The van der Waals surface area contributed by atoms with Gasteiger partial charge in [0.25, 0.3) is 0 Å². The van der Waals surface area contributed by atoms with Gasteiger partial charge >= 0.3 is 58.9 Å². The summed E-state index contributed by atoms with van der Waals surface area (Å²) in [5, 5.41) is 58.4. The maximum absolute atomic E-state index is 10.5. The second-order valence-electron chi connectivity index (χ2n) is 6.40. The summed E-state index contributed by atoms with van der Waals surface area (Å²) < 4.78 is 0. The molecule has 0 spiro atoms. The number of benzene rings is 3. The minimum Gasteiger partial charge on any atom is -0.545 e. The topological polar surface area (TPSA) is 235 Å². The third-order valence-corrected chi connectivity index (χ3v) is 4.12. The number of carbonyl (C=O) groups excluding carboxylic acids is 4. The molecule has 0 aliphatic heterocycles. The molecule has 0 bridgehead atoms. The summed E-state index contributed by atoms with van der Waals surface area (Å²) in [5.41, 5.74) is -1.83. The monoisotopic (exact) mass is 544 g/mol. The van der Waals surface area contributed by atoms with Crippen LogP contribution in [0.25, 0.3) is 0 Å². The molecule has 0 radical (unpaired) electrons. The van der Waals surface area contributed by atoms with E-state index in [-0.39, 0.29) is 80.3 Å². The van der Waals surface area contributed by atoms with Crippen molar-refractivity contribution in [3.05, 3.63) is 106 Å². The van der Waals surface area contributed by atoms with Gasteiger partial charge in [0, 0.05) is 22.3 Å². The van der Waals surface area contributed by atoms with E-state index < -0.39 is 35.8 Å². The van der Waals surface area contributed by atoms with Crippen LogP contribution in [0, 0.1) is 0 Å². The molecule has 2 N–H and O–H groups in total. The molecule has 0 unspecified atom stereocenters. The van der Waals surface area contributed by atoms with Gasteiger partial charge in [0.05, 0.1) is 35.0 Å². The normalized spacial score (nSPS) is 8.84. The van der Waals surface area contributed by atoms with Gasteiger partial charge in [-0.1, -0.05) is 60.7 Å². The van der Waals surface area contributed by atoms with Gasteiger partial charge in [-0.2, -0.15) is 0 Å². The number of hydrogen-bond acceptors (Lipinski definition) is 10. The molecule has 12 nitrogen and oxygen atoms in total. The first-order valence-corrected chi connectivity index (χ1v) is 9.47. The zero-order valence-corrected chi connectivity index (χ0v) is 22.6. The van der Waals surface area contributed by atoms with Crippen LogP contribution in [0.2, 0.25) is 0 Å². The molecular weight excluding hydrogens is 530 g/mol. The first-order valence-electron chi connectivity index (χ1n) is 9.47. The predicted octanol–water partition coefficient (Wildman–Crippen LogP) is -5.47. The van der Waals surface area contributed by atoms with Crippen LogP contribution in [0.4, 0.5) is 0 Å². The van der Waals surface area contributed by atoms with Crippen LogP contribution >= 0.6 is 0 Å². The van der Waals surface area contributed by atoms with Crippen LogP contribution in [-0.4, -0.2) is 63.4 Å². The van der Waals surface area contributed by atoms with Gasteiger partial charge in [-0.25, -0.2) is 9.59 Å². The molecule has 0 saturated heterocycles. The molecule has 0 atom stereocenters. The van der Waals surface area contributed by atoms with E-state index in [0.717, 1.165) is 24.3 Å². The van der Waals surface area contributed by atoms with E-state index in [2.05, 4.69) is 0 Å². The van der Waals surface area contributed by atoms with Crippen molar-refractivity contribution in [3.63, 3.8) is 0 Å². The summed E-state index contributed by atoms with van der Waals surface area (Å²) in [6.45, 7) is 0. The number of hydrogen-bond donors (Lipinski definition) is 2. The molecule has 0 heterocycles. The molecule has 3 rings (SSSR count). The number of aromatic carboxylic acids is 6. The molecule has 0 fully saturated rings. The number of carboxylic acids is 6. The van der Waals surface area contributed by atoms with Crippen LogP contribution in [0.5, 0.6) is 0 Å². The Kier molecular flexibility index (Phi) is 16.6. The predicted molar refractivity (Wildman–Crippen MR) is 116 cm³/mol. The van der Waals surface area contributed by atoms with Gasteiger partial charge in [0.2, 0.25) is 0 Å². The molecule has 0 aliphatic carbocycles. The number of carboxylic acid groups (broad SMARTS) is 6. The van der Waals surface area contributed by atoms with E-state index in [9.17, 15) is 49.2 Å². The Labute approximate surface area is 247 Å². The van der Waals surface area contributed by atoms with Gasteiger partial charge in [-0.3, -0.25) is 0 Å². The molecule has 0 aromatic heterocycles. The van der Waals surface area contributed by atoms with Gasteiger partial charge in [-0.05, 0) is 12.1 Å². The quantitative estimate of drug-likeness (QED) is 0.277. The van der Waals surface area contributed by atoms with Crippen molar-refractivity contribution in [2.24, 2.45) is 0 Å². The smallest absolute Gasteiger partial charge is 0.545 e. The van der Waals surface area contributed by atoms with Crippen molar-refractivity contribution in [1.29, 1.82) is 0 Å². The van der Waals surface area contributed by atoms with E-state index in [1.54, 1.807) is 0 Å². The van der Waals surface area contributed by atoms with Crippen molar-refractivity contribution in [2.75, 3.05) is 0 Å². The molecule has 0 saturated carbocycles. The molecule has 3 aromatic rings. The fourth-order valence-corrected chi connectivity index (χ4v) is 2.53. The van der Waals surface area contributed by atoms with Crippen LogP contribution in [0.1, 0.15) is 62.1 Å². The van der Waals surface area contributed by atoms with E-state index in [1.807, 2.05) is 0 Å². The summed E-state index contributed by atoms with van der Waals surface area (Å²) in [7, 11) is 0. The minimum absolute atomic E-state index is 0. The fraction of sp³-hybridized carbons (Fsp3) is 0.